The van der Waals surface area contributed by atoms with Crippen molar-refractivity contribution in [2.24, 2.45) is 11.8 Å². The molecule has 28 heavy (non-hydrogen) atoms. The summed E-state index contributed by atoms with van der Waals surface area (Å²) in [4.78, 5) is 9.02. The molecule has 0 amide bonds. The van der Waals surface area contributed by atoms with Gasteiger partial charge in [-0.15, -0.1) is 0 Å². The molecule has 1 saturated heterocycles. The van der Waals surface area contributed by atoms with Crippen molar-refractivity contribution in [3.05, 3.63) is 24.8 Å². The van der Waals surface area contributed by atoms with Crippen molar-refractivity contribution in [1.82, 2.24) is 22.8 Å². The number of rotatable bonds is 5. The Morgan fingerprint density at radius 1 is 1.32 bits per heavy atom. The van der Waals surface area contributed by atoms with Gasteiger partial charge in [0.25, 0.3) is 0 Å². The minimum atomic E-state index is -3.26. The number of pyridine rings is 1. The van der Waals surface area contributed by atoms with E-state index >= 15 is 0 Å². The topological polar surface area (TPSA) is 96.8 Å². The molecule has 5 rings (SSSR count). The number of nitriles is 1. The molecule has 4 heterocycles. The van der Waals surface area contributed by atoms with Crippen LogP contribution < -0.4 is 0 Å². The van der Waals surface area contributed by atoms with Crippen LogP contribution in [0.2, 0.25) is 0 Å². The SMILES string of the molecule is N#CC1CN(S(=O)(=O)CC2CC(n3cnc4cnc5c(ccn5SI)c43)C2)C1. The van der Waals surface area contributed by atoms with Crippen molar-refractivity contribution >= 4 is 62.4 Å². The minimum Gasteiger partial charge on any atom is -0.327 e. The zero-order valence-corrected chi connectivity index (χ0v) is 18.6. The highest BCUT2D eigenvalue weighted by atomic mass is 127. The number of hydrogen-bond donors (Lipinski definition) is 0. The predicted molar refractivity (Wildman–Crippen MR) is 116 cm³/mol. The fraction of sp³-hybridized carbons (Fsp3) is 0.471. The summed E-state index contributed by atoms with van der Waals surface area (Å²) in [5, 5.41) is 9.91. The number of nitrogens with zero attached hydrogens (tertiary/aromatic N) is 6. The lowest BCUT2D eigenvalue weighted by Gasteiger charge is -2.40. The molecular formula is C17H17IN6O2S2. The number of sulfonamides is 1. The van der Waals surface area contributed by atoms with Gasteiger partial charge in [-0.25, -0.2) is 18.4 Å². The summed E-state index contributed by atoms with van der Waals surface area (Å²) in [6.07, 6.45) is 7.30. The van der Waals surface area contributed by atoms with Gasteiger partial charge in [-0.05, 0) is 24.8 Å². The molecule has 1 saturated carbocycles. The van der Waals surface area contributed by atoms with Gasteiger partial charge in [0.15, 0.2) is 5.65 Å². The molecule has 0 bridgehead atoms. The van der Waals surface area contributed by atoms with E-state index in [0.717, 1.165) is 34.9 Å². The van der Waals surface area contributed by atoms with Crippen LogP contribution in [-0.4, -0.2) is 50.1 Å². The molecule has 11 heteroatoms. The lowest BCUT2D eigenvalue weighted by atomic mass is 9.81. The van der Waals surface area contributed by atoms with E-state index in [2.05, 4.69) is 47.9 Å². The van der Waals surface area contributed by atoms with Crippen LogP contribution in [-0.2, 0) is 10.0 Å². The van der Waals surface area contributed by atoms with Crippen molar-refractivity contribution in [2.45, 2.75) is 18.9 Å². The summed E-state index contributed by atoms with van der Waals surface area (Å²) in [5.41, 5.74) is 2.85. The highest BCUT2D eigenvalue weighted by Crippen LogP contribution is 2.42. The maximum Gasteiger partial charge on any atom is 0.214 e. The quantitative estimate of drug-likeness (QED) is 0.473. The largest absolute Gasteiger partial charge is 0.327 e. The number of aromatic nitrogens is 4. The van der Waals surface area contributed by atoms with E-state index in [4.69, 9.17) is 5.26 Å². The molecular weight excluding hydrogens is 511 g/mol. The van der Waals surface area contributed by atoms with Crippen LogP contribution in [0, 0.1) is 23.2 Å². The summed E-state index contributed by atoms with van der Waals surface area (Å²) >= 11 is 2.23. The Balaban J connectivity index is 1.33. The molecule has 8 nitrogen and oxygen atoms in total. The summed E-state index contributed by atoms with van der Waals surface area (Å²) < 4.78 is 30.6. The minimum absolute atomic E-state index is 0.148. The lowest BCUT2D eigenvalue weighted by Crippen LogP contribution is -2.51. The molecule has 146 valence electrons. The second-order valence-corrected chi connectivity index (χ2v) is 11.2. The third kappa shape index (κ3) is 2.92. The van der Waals surface area contributed by atoms with Gasteiger partial charge in [-0.2, -0.15) is 9.57 Å². The number of fused-ring (bicyclic) bond motifs is 3. The Bertz CT molecular complexity index is 1200. The molecule has 1 aliphatic heterocycles. The van der Waals surface area contributed by atoms with Gasteiger partial charge in [0.2, 0.25) is 10.0 Å². The van der Waals surface area contributed by atoms with E-state index in [1.54, 1.807) is 15.3 Å². The van der Waals surface area contributed by atoms with E-state index in [1.807, 2.05) is 16.5 Å². The molecule has 2 fully saturated rings. The van der Waals surface area contributed by atoms with E-state index in [-0.39, 0.29) is 23.6 Å². The molecule has 0 radical (unpaired) electrons. The standard InChI is InChI=1S/C17H17IN6O2S2/c18-27-24-2-1-14-16-15(6-20-17(14)24)21-10-23(16)13-3-11(4-13)9-28(25,26)22-7-12(5-19)8-22/h1-2,6,10-13H,3-4,7-9H2. The van der Waals surface area contributed by atoms with Crippen LogP contribution in [0.4, 0.5) is 0 Å². The monoisotopic (exact) mass is 528 g/mol. The number of imidazole rings is 1. The summed E-state index contributed by atoms with van der Waals surface area (Å²) in [7, 11) is -1.68. The highest BCUT2D eigenvalue weighted by molar-refractivity contribution is 14.2. The maximum atomic E-state index is 12.5. The Hall–Kier alpha value is -1.36. The van der Waals surface area contributed by atoms with E-state index in [1.165, 1.54) is 4.31 Å². The molecule has 3 aromatic rings. The average Bonchev–Trinajstić information content (AvgIpc) is 3.19. The van der Waals surface area contributed by atoms with Gasteiger partial charge < -0.3 is 4.57 Å². The first-order valence-corrected chi connectivity index (χ1v) is 13.9. The Kier molecular flexibility index (Phi) is 4.57. The van der Waals surface area contributed by atoms with Gasteiger partial charge in [0.1, 0.15) is 5.52 Å². The van der Waals surface area contributed by atoms with Crippen molar-refractivity contribution in [3.63, 3.8) is 0 Å². The van der Waals surface area contributed by atoms with Gasteiger partial charge in [-0.3, -0.25) is 3.97 Å². The molecule has 0 N–H and O–H groups in total. The predicted octanol–water partition coefficient (Wildman–Crippen LogP) is 2.97. The lowest BCUT2D eigenvalue weighted by molar-refractivity contribution is 0.210. The molecule has 0 atom stereocenters. The second kappa shape index (κ2) is 6.86. The van der Waals surface area contributed by atoms with Crippen LogP contribution in [0.5, 0.6) is 0 Å². The molecule has 0 aromatic carbocycles. The highest BCUT2D eigenvalue weighted by Gasteiger charge is 2.40. The Morgan fingerprint density at radius 3 is 2.82 bits per heavy atom. The van der Waals surface area contributed by atoms with Crippen LogP contribution in [0.3, 0.4) is 0 Å². The van der Waals surface area contributed by atoms with Crippen molar-refractivity contribution in [1.29, 1.82) is 5.26 Å². The summed E-state index contributed by atoms with van der Waals surface area (Å²) in [5.74, 6) is 0.179. The number of halogens is 1. The van der Waals surface area contributed by atoms with Crippen molar-refractivity contribution in [2.75, 3.05) is 18.8 Å². The van der Waals surface area contributed by atoms with Gasteiger partial charge in [-0.1, -0.05) is 0 Å². The van der Waals surface area contributed by atoms with Gasteiger partial charge in [0, 0.05) is 61.0 Å². The van der Waals surface area contributed by atoms with E-state index in [0.29, 0.717) is 13.1 Å². The maximum absolute atomic E-state index is 12.5. The Morgan fingerprint density at radius 2 is 2.11 bits per heavy atom. The second-order valence-electron chi connectivity index (χ2n) is 7.50. The van der Waals surface area contributed by atoms with E-state index in [9.17, 15) is 8.42 Å². The van der Waals surface area contributed by atoms with Gasteiger partial charge >= 0.3 is 0 Å². The zero-order chi connectivity index (χ0) is 19.5. The Labute approximate surface area is 178 Å². The van der Waals surface area contributed by atoms with Crippen LogP contribution in [0.15, 0.2) is 24.8 Å². The first-order valence-electron chi connectivity index (χ1n) is 8.99. The van der Waals surface area contributed by atoms with Crippen LogP contribution in [0.1, 0.15) is 18.9 Å². The third-order valence-corrected chi connectivity index (χ3v) is 9.46. The molecule has 1 aliphatic carbocycles. The molecule has 2 aliphatic rings. The molecule has 0 unspecified atom stereocenters. The summed E-state index contributed by atoms with van der Waals surface area (Å²) in [6.45, 7) is 0.690. The third-order valence-electron chi connectivity index (χ3n) is 5.76. The summed E-state index contributed by atoms with van der Waals surface area (Å²) in [6, 6.07) is 4.44. The van der Waals surface area contributed by atoms with E-state index < -0.39 is 10.0 Å². The normalized spacial score (nSPS) is 23.6. The number of hydrogen-bond acceptors (Lipinski definition) is 6. The first kappa shape index (κ1) is 18.7. The van der Waals surface area contributed by atoms with Crippen molar-refractivity contribution in [3.8, 4) is 6.07 Å². The smallest absolute Gasteiger partial charge is 0.214 e. The average molecular weight is 528 g/mol. The van der Waals surface area contributed by atoms with Crippen LogP contribution in [0.25, 0.3) is 22.1 Å². The fourth-order valence-electron chi connectivity index (χ4n) is 4.13. The van der Waals surface area contributed by atoms with Crippen LogP contribution >= 0.6 is 30.3 Å². The molecule has 3 aromatic heterocycles. The fourth-order valence-corrected chi connectivity index (χ4v) is 7.30. The first-order chi connectivity index (χ1) is 13.5. The molecule has 0 spiro atoms. The van der Waals surface area contributed by atoms with Gasteiger partial charge in [0.05, 0.1) is 35.8 Å². The van der Waals surface area contributed by atoms with Crippen molar-refractivity contribution < 1.29 is 8.42 Å². The zero-order valence-electron chi connectivity index (χ0n) is 14.8.